The van der Waals surface area contributed by atoms with E-state index in [-0.39, 0.29) is 24.4 Å². The van der Waals surface area contributed by atoms with Crippen molar-refractivity contribution in [2.75, 3.05) is 26.2 Å². The van der Waals surface area contributed by atoms with Gasteiger partial charge < -0.3 is 4.90 Å². The Hall–Kier alpha value is -2.88. The average Bonchev–Trinajstić information content (AvgIpc) is 2.80. The number of hydrogen-bond acceptors (Lipinski definition) is 2. The molecule has 0 saturated carbocycles. The lowest BCUT2D eigenvalue weighted by atomic mass is 9.96. The fourth-order valence-electron chi connectivity index (χ4n) is 3.92. The molecule has 0 bridgehead atoms. The number of nitrogens with zero attached hydrogens (tertiary/aromatic N) is 2. The number of halogens is 1. The van der Waals surface area contributed by atoms with Crippen molar-refractivity contribution >= 4 is 24.4 Å². The highest BCUT2D eigenvalue weighted by molar-refractivity contribution is 5.91. The van der Waals surface area contributed by atoms with Crippen molar-refractivity contribution in [2.45, 2.75) is 6.04 Å². The minimum Gasteiger partial charge on any atom is -0.337 e. The topological polar surface area (TPSA) is 23.6 Å². The fourth-order valence-corrected chi connectivity index (χ4v) is 3.92. The molecule has 3 aromatic carbocycles. The minimum atomic E-state index is 0. The zero-order valence-corrected chi connectivity index (χ0v) is 17.7. The van der Waals surface area contributed by atoms with Gasteiger partial charge >= 0.3 is 0 Å². The second kappa shape index (κ2) is 10.8. The molecule has 1 amide bonds. The Bertz CT molecular complexity index is 897. The predicted octanol–water partition coefficient (Wildman–Crippen LogP) is 5.06. The Kier molecular flexibility index (Phi) is 7.83. The Labute approximate surface area is 185 Å². The van der Waals surface area contributed by atoms with E-state index in [1.165, 1.54) is 11.1 Å². The summed E-state index contributed by atoms with van der Waals surface area (Å²) in [5, 5.41) is 0. The summed E-state index contributed by atoms with van der Waals surface area (Å²) in [5.74, 6) is 0.0875. The molecule has 0 aromatic heterocycles. The Balaban J connectivity index is 0.00000256. The van der Waals surface area contributed by atoms with Crippen LogP contribution in [0.5, 0.6) is 0 Å². The van der Waals surface area contributed by atoms with Crippen molar-refractivity contribution in [1.82, 2.24) is 9.80 Å². The maximum Gasteiger partial charge on any atom is 0.246 e. The molecule has 0 radical (unpaired) electrons. The third kappa shape index (κ3) is 5.38. The van der Waals surface area contributed by atoms with Gasteiger partial charge in [-0.2, -0.15) is 0 Å². The monoisotopic (exact) mass is 418 g/mol. The largest absolute Gasteiger partial charge is 0.337 e. The number of amides is 1. The van der Waals surface area contributed by atoms with E-state index >= 15 is 0 Å². The smallest absolute Gasteiger partial charge is 0.246 e. The molecule has 30 heavy (non-hydrogen) atoms. The van der Waals surface area contributed by atoms with Crippen molar-refractivity contribution in [3.63, 3.8) is 0 Å². The molecular weight excluding hydrogens is 392 g/mol. The van der Waals surface area contributed by atoms with Gasteiger partial charge in [0.1, 0.15) is 0 Å². The van der Waals surface area contributed by atoms with Gasteiger partial charge in [0.15, 0.2) is 0 Å². The number of rotatable bonds is 5. The number of benzene rings is 3. The van der Waals surface area contributed by atoms with Crippen LogP contribution in [0.4, 0.5) is 0 Å². The van der Waals surface area contributed by atoms with Crippen LogP contribution in [0.1, 0.15) is 22.7 Å². The molecule has 1 saturated heterocycles. The Morgan fingerprint density at radius 1 is 0.700 bits per heavy atom. The molecule has 0 N–H and O–H groups in total. The third-order valence-corrected chi connectivity index (χ3v) is 5.44. The van der Waals surface area contributed by atoms with Crippen molar-refractivity contribution in [3.05, 3.63) is 114 Å². The fraction of sp³-hybridized carbons (Fsp3) is 0.192. The highest BCUT2D eigenvalue weighted by Gasteiger charge is 2.27. The minimum absolute atomic E-state index is 0. The number of piperazine rings is 1. The van der Waals surface area contributed by atoms with Crippen LogP contribution in [-0.4, -0.2) is 41.9 Å². The van der Waals surface area contributed by atoms with Gasteiger partial charge in [0.25, 0.3) is 0 Å². The van der Waals surface area contributed by atoms with Crippen molar-refractivity contribution in [1.29, 1.82) is 0 Å². The molecule has 0 spiro atoms. The summed E-state index contributed by atoms with van der Waals surface area (Å²) in [6.07, 6.45) is 3.59. The van der Waals surface area contributed by atoms with E-state index < -0.39 is 0 Å². The summed E-state index contributed by atoms with van der Waals surface area (Å²) >= 11 is 0. The lowest BCUT2D eigenvalue weighted by Crippen LogP contribution is -2.49. The maximum atomic E-state index is 12.6. The van der Waals surface area contributed by atoms with E-state index in [0.717, 1.165) is 31.7 Å². The van der Waals surface area contributed by atoms with Crippen LogP contribution < -0.4 is 0 Å². The van der Waals surface area contributed by atoms with Crippen LogP contribution in [0.3, 0.4) is 0 Å². The first kappa shape index (κ1) is 21.8. The first-order valence-electron chi connectivity index (χ1n) is 10.2. The van der Waals surface area contributed by atoms with Gasteiger partial charge in [0, 0.05) is 32.3 Å². The van der Waals surface area contributed by atoms with E-state index in [1.54, 1.807) is 6.08 Å². The normalized spacial score (nSPS) is 14.6. The van der Waals surface area contributed by atoms with Crippen LogP contribution in [0.15, 0.2) is 97.1 Å². The van der Waals surface area contributed by atoms with Crippen LogP contribution in [0.25, 0.3) is 6.08 Å². The van der Waals surface area contributed by atoms with Crippen molar-refractivity contribution in [3.8, 4) is 0 Å². The summed E-state index contributed by atoms with van der Waals surface area (Å²) < 4.78 is 0. The van der Waals surface area contributed by atoms with Gasteiger partial charge in [-0.15, -0.1) is 12.4 Å². The molecule has 1 aliphatic heterocycles. The Morgan fingerprint density at radius 2 is 1.17 bits per heavy atom. The summed E-state index contributed by atoms with van der Waals surface area (Å²) in [5.41, 5.74) is 3.64. The number of carbonyl (C=O) groups is 1. The van der Waals surface area contributed by atoms with E-state index in [9.17, 15) is 4.79 Å². The first-order valence-corrected chi connectivity index (χ1v) is 10.2. The number of hydrogen-bond donors (Lipinski definition) is 0. The predicted molar refractivity (Wildman–Crippen MR) is 126 cm³/mol. The van der Waals surface area contributed by atoms with Crippen LogP contribution in [0.2, 0.25) is 0 Å². The molecule has 1 aliphatic rings. The number of carbonyl (C=O) groups excluding carboxylic acids is 1. The molecule has 1 fully saturated rings. The highest BCUT2D eigenvalue weighted by Crippen LogP contribution is 2.29. The molecule has 0 aliphatic carbocycles. The molecule has 3 nitrogen and oxygen atoms in total. The van der Waals surface area contributed by atoms with Gasteiger partial charge in [0.05, 0.1) is 6.04 Å². The molecule has 0 unspecified atom stereocenters. The van der Waals surface area contributed by atoms with Gasteiger partial charge in [-0.25, -0.2) is 0 Å². The van der Waals surface area contributed by atoms with E-state index in [2.05, 4.69) is 65.6 Å². The average molecular weight is 419 g/mol. The van der Waals surface area contributed by atoms with E-state index in [0.29, 0.717) is 0 Å². The second-order valence-corrected chi connectivity index (χ2v) is 7.33. The summed E-state index contributed by atoms with van der Waals surface area (Å²) in [6.45, 7) is 3.21. The molecule has 154 valence electrons. The zero-order valence-electron chi connectivity index (χ0n) is 16.9. The summed E-state index contributed by atoms with van der Waals surface area (Å²) in [4.78, 5) is 17.0. The molecule has 1 heterocycles. The lowest BCUT2D eigenvalue weighted by Gasteiger charge is -2.39. The molecular formula is C26H27ClN2O. The van der Waals surface area contributed by atoms with Crippen LogP contribution in [0, 0.1) is 0 Å². The summed E-state index contributed by atoms with van der Waals surface area (Å²) in [6, 6.07) is 31.4. The van der Waals surface area contributed by atoms with Crippen LogP contribution in [-0.2, 0) is 4.79 Å². The quantitative estimate of drug-likeness (QED) is 0.541. The zero-order chi connectivity index (χ0) is 19.9. The molecule has 4 heteroatoms. The third-order valence-electron chi connectivity index (χ3n) is 5.44. The van der Waals surface area contributed by atoms with E-state index in [1.807, 2.05) is 41.3 Å². The first-order chi connectivity index (χ1) is 14.3. The standard InChI is InChI=1S/C26H26N2O.ClH/c29-25(17-16-22-10-4-1-5-11-22)27-18-20-28(21-19-27)26(23-12-6-2-7-13-23)24-14-8-3-9-15-24;/h1-17,26H,18-21H2;1H/b17-16+;. The van der Waals surface area contributed by atoms with Crippen LogP contribution >= 0.6 is 12.4 Å². The molecule has 4 rings (SSSR count). The SMILES string of the molecule is Cl.O=C(/C=C/c1ccccc1)N1CCN(C(c2ccccc2)c2ccccc2)CC1. The van der Waals surface area contributed by atoms with Crippen molar-refractivity contribution in [2.24, 2.45) is 0 Å². The summed E-state index contributed by atoms with van der Waals surface area (Å²) in [7, 11) is 0. The van der Waals surface area contributed by atoms with Crippen molar-refractivity contribution < 1.29 is 4.79 Å². The van der Waals surface area contributed by atoms with Gasteiger partial charge in [-0.1, -0.05) is 91.0 Å². The molecule has 3 aromatic rings. The lowest BCUT2D eigenvalue weighted by molar-refractivity contribution is -0.127. The highest BCUT2D eigenvalue weighted by atomic mass is 35.5. The van der Waals surface area contributed by atoms with Gasteiger partial charge in [-0.3, -0.25) is 9.69 Å². The van der Waals surface area contributed by atoms with Gasteiger partial charge in [0.2, 0.25) is 5.91 Å². The van der Waals surface area contributed by atoms with E-state index in [4.69, 9.17) is 0 Å². The van der Waals surface area contributed by atoms with Gasteiger partial charge in [-0.05, 0) is 22.8 Å². The maximum absolute atomic E-state index is 12.6. The Morgan fingerprint density at radius 3 is 1.67 bits per heavy atom. The molecule has 0 atom stereocenters. The second-order valence-electron chi connectivity index (χ2n) is 7.33.